The lowest BCUT2D eigenvalue weighted by Crippen LogP contribution is -2.33. The molecule has 2 N–H and O–H groups in total. The minimum absolute atomic E-state index is 0.315. The summed E-state index contributed by atoms with van der Waals surface area (Å²) < 4.78 is 26.5. The van der Waals surface area contributed by atoms with Crippen LogP contribution >= 0.6 is 0 Å². The van der Waals surface area contributed by atoms with Crippen molar-refractivity contribution >= 4 is 10.0 Å². The van der Waals surface area contributed by atoms with Gasteiger partial charge in [-0.2, -0.15) is 4.31 Å². The molecule has 0 fully saturated rings. The summed E-state index contributed by atoms with van der Waals surface area (Å²) in [6.07, 6.45) is 1.57. The molecule has 6 heteroatoms. The summed E-state index contributed by atoms with van der Waals surface area (Å²) in [5.41, 5.74) is 0.890. The van der Waals surface area contributed by atoms with E-state index in [2.05, 4.69) is 10.3 Å². The van der Waals surface area contributed by atoms with Crippen molar-refractivity contribution in [2.75, 3.05) is 19.6 Å². The summed E-state index contributed by atoms with van der Waals surface area (Å²) in [6.45, 7) is 10.5. The molecule has 0 bridgehead atoms. The van der Waals surface area contributed by atoms with E-state index in [-0.39, 0.29) is 0 Å². The van der Waals surface area contributed by atoms with E-state index in [4.69, 9.17) is 0 Å². The Kier molecular flexibility index (Phi) is 6.03. The van der Waals surface area contributed by atoms with Crippen molar-refractivity contribution in [1.82, 2.24) is 14.6 Å². The van der Waals surface area contributed by atoms with Gasteiger partial charge >= 0.3 is 0 Å². The second kappa shape index (κ2) is 7.07. The first kappa shape index (κ1) is 16.2. The molecule has 0 saturated carbocycles. The Morgan fingerprint density at radius 1 is 1.37 bits per heavy atom. The molecule has 0 amide bonds. The average Bonchev–Trinajstić information content (AvgIpc) is 2.82. The molecule has 0 aliphatic heterocycles. The van der Waals surface area contributed by atoms with E-state index >= 15 is 0 Å². The highest BCUT2D eigenvalue weighted by Crippen LogP contribution is 2.18. The van der Waals surface area contributed by atoms with Gasteiger partial charge in [0.05, 0.1) is 4.90 Å². The van der Waals surface area contributed by atoms with Gasteiger partial charge in [0, 0.05) is 31.5 Å². The molecular formula is C13H25N3O2S. The maximum absolute atomic E-state index is 12.5. The third kappa shape index (κ3) is 4.33. The molecule has 0 aliphatic carbocycles. The van der Waals surface area contributed by atoms with Gasteiger partial charge in [0.2, 0.25) is 10.0 Å². The lowest BCUT2D eigenvalue weighted by Gasteiger charge is -2.21. The molecular weight excluding hydrogens is 262 g/mol. The molecule has 5 nitrogen and oxygen atoms in total. The highest BCUT2D eigenvalue weighted by atomic mass is 32.2. The van der Waals surface area contributed by atoms with Crippen LogP contribution in [-0.4, -0.2) is 37.3 Å². The van der Waals surface area contributed by atoms with E-state index < -0.39 is 10.0 Å². The van der Waals surface area contributed by atoms with Crippen molar-refractivity contribution in [3.63, 3.8) is 0 Å². The average molecular weight is 287 g/mol. The quantitative estimate of drug-likeness (QED) is 0.766. The van der Waals surface area contributed by atoms with E-state index in [1.807, 2.05) is 27.7 Å². The minimum Gasteiger partial charge on any atom is -0.363 e. The Morgan fingerprint density at radius 3 is 2.58 bits per heavy atom. The van der Waals surface area contributed by atoms with Gasteiger partial charge in [-0.15, -0.1) is 0 Å². The van der Waals surface area contributed by atoms with E-state index in [1.54, 1.807) is 12.3 Å². The van der Waals surface area contributed by atoms with Crippen molar-refractivity contribution in [1.29, 1.82) is 0 Å². The van der Waals surface area contributed by atoms with E-state index in [1.165, 1.54) is 4.31 Å². The van der Waals surface area contributed by atoms with Gasteiger partial charge in [-0.3, -0.25) is 0 Å². The molecule has 0 unspecified atom stereocenters. The predicted molar refractivity (Wildman–Crippen MR) is 77.4 cm³/mol. The molecule has 0 aliphatic rings. The van der Waals surface area contributed by atoms with Crippen LogP contribution in [0.3, 0.4) is 0 Å². The third-order valence-corrected chi connectivity index (χ3v) is 4.76. The van der Waals surface area contributed by atoms with Crippen LogP contribution in [0, 0.1) is 5.92 Å². The van der Waals surface area contributed by atoms with Crippen LogP contribution in [0.1, 0.15) is 33.4 Å². The van der Waals surface area contributed by atoms with Crippen LogP contribution in [0.2, 0.25) is 0 Å². The first-order valence-corrected chi connectivity index (χ1v) is 8.24. The monoisotopic (exact) mass is 287 g/mol. The molecule has 110 valence electrons. The Balaban J connectivity index is 2.89. The van der Waals surface area contributed by atoms with Gasteiger partial charge in [-0.1, -0.05) is 27.7 Å². The highest BCUT2D eigenvalue weighted by molar-refractivity contribution is 7.89. The lowest BCUT2D eigenvalue weighted by atomic mass is 10.2. The SMILES string of the molecule is CCNCc1cc(S(=O)(=O)N(CC)CC(C)C)c[nH]1. The standard InChI is InChI=1S/C13H25N3O2S/c1-5-14-8-12-7-13(9-15-12)19(17,18)16(6-2)10-11(3)4/h7,9,11,14-15H,5-6,8,10H2,1-4H3. The van der Waals surface area contributed by atoms with E-state index in [9.17, 15) is 8.42 Å². The molecule has 19 heavy (non-hydrogen) atoms. The molecule has 0 radical (unpaired) electrons. The Morgan fingerprint density at radius 2 is 2.05 bits per heavy atom. The second-order valence-corrected chi connectivity index (χ2v) is 6.93. The van der Waals surface area contributed by atoms with Gasteiger partial charge in [-0.05, 0) is 18.5 Å². The number of hydrogen-bond donors (Lipinski definition) is 2. The summed E-state index contributed by atoms with van der Waals surface area (Å²) in [5.74, 6) is 0.315. The van der Waals surface area contributed by atoms with Gasteiger partial charge < -0.3 is 10.3 Å². The van der Waals surface area contributed by atoms with Crippen molar-refractivity contribution in [3.05, 3.63) is 18.0 Å². The van der Waals surface area contributed by atoms with Crippen molar-refractivity contribution in [3.8, 4) is 0 Å². The van der Waals surface area contributed by atoms with Crippen LogP contribution < -0.4 is 5.32 Å². The highest BCUT2D eigenvalue weighted by Gasteiger charge is 2.24. The predicted octanol–water partition coefficient (Wildman–Crippen LogP) is 1.79. The number of sulfonamides is 1. The summed E-state index contributed by atoms with van der Waals surface area (Å²) in [4.78, 5) is 3.36. The fourth-order valence-electron chi connectivity index (χ4n) is 1.88. The van der Waals surface area contributed by atoms with Crippen LogP contribution in [0.5, 0.6) is 0 Å². The van der Waals surface area contributed by atoms with Gasteiger partial charge in [0.1, 0.15) is 0 Å². The Labute approximate surface area is 116 Å². The van der Waals surface area contributed by atoms with Gasteiger partial charge in [-0.25, -0.2) is 8.42 Å². The smallest absolute Gasteiger partial charge is 0.244 e. The van der Waals surface area contributed by atoms with Crippen molar-refractivity contribution in [2.24, 2.45) is 5.92 Å². The zero-order valence-corrected chi connectivity index (χ0v) is 13.0. The van der Waals surface area contributed by atoms with Crippen LogP contribution in [-0.2, 0) is 16.6 Å². The molecule has 1 aromatic heterocycles. The topological polar surface area (TPSA) is 65.2 Å². The van der Waals surface area contributed by atoms with Gasteiger partial charge in [0.15, 0.2) is 0 Å². The normalized spacial score (nSPS) is 12.5. The zero-order valence-electron chi connectivity index (χ0n) is 12.2. The number of hydrogen-bond acceptors (Lipinski definition) is 3. The summed E-state index contributed by atoms with van der Waals surface area (Å²) in [6, 6.07) is 1.71. The molecule has 1 aromatic rings. The number of H-pyrrole nitrogens is 1. The Bertz CT molecular complexity index is 480. The van der Waals surface area contributed by atoms with Crippen LogP contribution in [0.4, 0.5) is 0 Å². The lowest BCUT2D eigenvalue weighted by molar-refractivity contribution is 0.381. The molecule has 1 heterocycles. The number of aromatic amines is 1. The number of aromatic nitrogens is 1. The summed E-state index contributed by atoms with van der Waals surface area (Å²) in [7, 11) is -3.38. The summed E-state index contributed by atoms with van der Waals surface area (Å²) >= 11 is 0. The van der Waals surface area contributed by atoms with Crippen LogP contribution in [0.15, 0.2) is 17.2 Å². The van der Waals surface area contributed by atoms with E-state index in [0.717, 1.165) is 12.2 Å². The molecule has 0 spiro atoms. The van der Waals surface area contributed by atoms with Crippen molar-refractivity contribution in [2.45, 2.75) is 39.1 Å². The number of nitrogens with zero attached hydrogens (tertiary/aromatic N) is 1. The molecule has 1 rings (SSSR count). The zero-order chi connectivity index (χ0) is 14.5. The molecule has 0 atom stereocenters. The first-order valence-electron chi connectivity index (χ1n) is 6.80. The first-order chi connectivity index (χ1) is 8.91. The minimum atomic E-state index is -3.38. The second-order valence-electron chi connectivity index (χ2n) is 4.99. The molecule has 0 saturated heterocycles. The van der Waals surface area contributed by atoms with Crippen molar-refractivity contribution < 1.29 is 8.42 Å². The Hall–Kier alpha value is -0.850. The third-order valence-electron chi connectivity index (χ3n) is 2.84. The fourth-order valence-corrected chi connectivity index (χ4v) is 3.51. The van der Waals surface area contributed by atoms with Crippen LogP contribution in [0.25, 0.3) is 0 Å². The largest absolute Gasteiger partial charge is 0.363 e. The maximum atomic E-state index is 12.5. The summed E-state index contributed by atoms with van der Waals surface area (Å²) in [5, 5.41) is 3.17. The fraction of sp³-hybridized carbons (Fsp3) is 0.692. The van der Waals surface area contributed by atoms with Gasteiger partial charge in [0.25, 0.3) is 0 Å². The maximum Gasteiger partial charge on any atom is 0.244 e. The number of nitrogens with one attached hydrogen (secondary N) is 2. The number of rotatable bonds is 8. The van der Waals surface area contributed by atoms with E-state index in [0.29, 0.717) is 30.4 Å². The molecule has 0 aromatic carbocycles.